The number of hydrogen-bond donors (Lipinski definition) is 4. The first kappa shape index (κ1) is 27.1. The van der Waals surface area contributed by atoms with Crippen molar-refractivity contribution in [2.45, 2.75) is 126 Å². The largest absolute Gasteiger partial charge is 0.458 e. The van der Waals surface area contributed by atoms with E-state index >= 15 is 0 Å². The maximum atomic E-state index is 12.3. The van der Waals surface area contributed by atoms with Crippen molar-refractivity contribution in [2.75, 3.05) is 13.7 Å². The quantitative estimate of drug-likeness (QED) is 0.314. The minimum absolute atomic E-state index is 0.0847. The smallest absolute Gasteiger partial charge is 0.331 e. The van der Waals surface area contributed by atoms with Gasteiger partial charge < -0.3 is 39.4 Å². The first-order chi connectivity index (χ1) is 17.9. The molecule has 0 unspecified atom stereocenters. The molecule has 0 aromatic rings. The molecule has 0 spiro atoms. The first-order valence-electron chi connectivity index (χ1n) is 14.5. The molecule has 6 aliphatic rings. The molecule has 0 radical (unpaired) electrons. The monoisotopic (exact) mass is 536 g/mol. The van der Waals surface area contributed by atoms with Gasteiger partial charge in [-0.15, -0.1) is 0 Å². The second-order valence-corrected chi connectivity index (χ2v) is 13.3. The van der Waals surface area contributed by atoms with Gasteiger partial charge in [-0.3, -0.25) is 0 Å². The minimum Gasteiger partial charge on any atom is -0.458 e. The molecule has 4 saturated carbocycles. The summed E-state index contributed by atoms with van der Waals surface area (Å²) in [6.45, 7) is 4.34. The van der Waals surface area contributed by atoms with Crippen LogP contribution in [0.4, 0.5) is 0 Å². The molecule has 6 rings (SSSR count). The highest BCUT2D eigenvalue weighted by Gasteiger charge is 2.71. The lowest BCUT2D eigenvalue weighted by Crippen LogP contribution is -2.72. The van der Waals surface area contributed by atoms with Gasteiger partial charge >= 0.3 is 5.97 Å². The Labute approximate surface area is 224 Å². The Kier molecular flexibility index (Phi) is 6.58. The fraction of sp³-hybridized carbons (Fsp3) is 0.897. The van der Waals surface area contributed by atoms with Gasteiger partial charge in [-0.2, -0.15) is 0 Å². The van der Waals surface area contributed by atoms with Crippen LogP contribution in [-0.4, -0.2) is 87.6 Å². The van der Waals surface area contributed by atoms with Crippen molar-refractivity contribution >= 4 is 5.97 Å². The summed E-state index contributed by atoms with van der Waals surface area (Å²) >= 11 is 0. The summed E-state index contributed by atoms with van der Waals surface area (Å²) in [5.41, 5.74) is -3.02. The third-order valence-corrected chi connectivity index (χ3v) is 11.7. The number of fused-ring (bicyclic) bond motifs is 5. The Bertz CT molecular complexity index is 985. The Morgan fingerprint density at radius 3 is 2.42 bits per heavy atom. The number of cyclic esters (lactones) is 1. The standard InChI is InChI=1S/C29H44O9/c1-16-12-22(30)24(35-3)25(37-16)38-18-4-10-29(34)21-5-8-26(2)19(17-13-23(31)36-15-17)7-11-28(26,33)20(21)6-9-27(29,32)14-18/h13,16,18-22,24-25,30,32-34H,4-12,14-15H2,1-3H3/t16-,18+,19-,20-,21+,22-,24-,25+,26-,27+,28+,29+/m1/s1. The van der Waals surface area contributed by atoms with Crippen LogP contribution in [0.5, 0.6) is 0 Å². The number of aliphatic hydroxyl groups excluding tert-OH is 1. The lowest BCUT2D eigenvalue weighted by atomic mass is 9.45. The summed E-state index contributed by atoms with van der Waals surface area (Å²) in [6.07, 6.45) is 4.61. The van der Waals surface area contributed by atoms with E-state index in [1.807, 2.05) is 6.92 Å². The number of carbonyl (C=O) groups excluding carboxylic acids is 1. The van der Waals surface area contributed by atoms with Gasteiger partial charge in [0.2, 0.25) is 0 Å². The van der Waals surface area contributed by atoms with Crippen LogP contribution in [0.2, 0.25) is 0 Å². The molecule has 4 aliphatic carbocycles. The van der Waals surface area contributed by atoms with Crippen LogP contribution in [0.3, 0.4) is 0 Å². The van der Waals surface area contributed by atoms with Crippen LogP contribution in [0.1, 0.15) is 78.1 Å². The van der Waals surface area contributed by atoms with E-state index in [-0.39, 0.29) is 42.4 Å². The number of hydrogen-bond acceptors (Lipinski definition) is 9. The van der Waals surface area contributed by atoms with Gasteiger partial charge in [0.25, 0.3) is 0 Å². The summed E-state index contributed by atoms with van der Waals surface area (Å²) < 4.78 is 22.9. The average Bonchev–Trinajstić information content (AvgIpc) is 3.39. The number of methoxy groups -OCH3 is 1. The first-order valence-corrected chi connectivity index (χ1v) is 14.5. The van der Waals surface area contributed by atoms with E-state index in [4.69, 9.17) is 18.9 Å². The molecule has 0 bridgehead atoms. The highest BCUT2D eigenvalue weighted by atomic mass is 16.7. The number of esters is 1. The van der Waals surface area contributed by atoms with E-state index in [1.165, 1.54) is 7.11 Å². The molecule has 2 aliphatic heterocycles. The molecular weight excluding hydrogens is 492 g/mol. The molecule has 2 heterocycles. The Balaban J connectivity index is 1.20. The van der Waals surface area contributed by atoms with Crippen molar-refractivity contribution < 1.29 is 44.2 Å². The van der Waals surface area contributed by atoms with E-state index in [0.717, 1.165) is 18.4 Å². The zero-order chi connectivity index (χ0) is 27.1. The van der Waals surface area contributed by atoms with Gasteiger partial charge in [-0.1, -0.05) is 6.92 Å². The summed E-state index contributed by atoms with van der Waals surface area (Å²) in [4.78, 5) is 11.8. The molecule has 0 aromatic carbocycles. The molecule has 0 aromatic heterocycles. The highest BCUT2D eigenvalue weighted by molar-refractivity contribution is 5.85. The van der Waals surface area contributed by atoms with Crippen molar-refractivity contribution in [3.63, 3.8) is 0 Å². The number of ether oxygens (including phenoxy) is 4. The second-order valence-electron chi connectivity index (χ2n) is 13.3. The molecule has 1 saturated heterocycles. The molecular formula is C29H44O9. The van der Waals surface area contributed by atoms with Gasteiger partial charge in [0.15, 0.2) is 6.29 Å². The zero-order valence-electron chi connectivity index (χ0n) is 22.8. The van der Waals surface area contributed by atoms with Gasteiger partial charge in [0.1, 0.15) is 12.7 Å². The molecule has 9 heteroatoms. The minimum atomic E-state index is -1.32. The average molecular weight is 537 g/mol. The molecule has 4 N–H and O–H groups in total. The van der Waals surface area contributed by atoms with Crippen LogP contribution >= 0.6 is 0 Å². The van der Waals surface area contributed by atoms with E-state index in [1.54, 1.807) is 6.08 Å². The number of aliphatic hydroxyl groups is 4. The maximum Gasteiger partial charge on any atom is 0.331 e. The van der Waals surface area contributed by atoms with Crippen molar-refractivity contribution in [3.8, 4) is 0 Å². The molecule has 9 nitrogen and oxygen atoms in total. The predicted molar refractivity (Wildman–Crippen MR) is 135 cm³/mol. The highest BCUT2D eigenvalue weighted by Crippen LogP contribution is 2.68. The van der Waals surface area contributed by atoms with Crippen molar-refractivity contribution in [3.05, 3.63) is 11.6 Å². The van der Waals surface area contributed by atoms with Crippen LogP contribution in [0.25, 0.3) is 0 Å². The normalized spacial score (nSPS) is 54.5. The molecule has 12 atom stereocenters. The zero-order valence-corrected chi connectivity index (χ0v) is 22.8. The summed E-state index contributed by atoms with van der Waals surface area (Å²) in [5, 5.41) is 46.9. The lowest BCUT2D eigenvalue weighted by molar-refractivity contribution is -0.318. The number of carbonyl (C=O) groups is 1. The SMILES string of the molecule is CO[C@H]1[C@H](O[C@H]2CC[C@]3(O)[C@H]4CC[C@]5(C)[C@@H](C6=CC(=O)OC6)CC[C@]5(O)[C@@H]4CC[C@]3(O)C2)O[C@H](C)C[C@H]1O. The van der Waals surface area contributed by atoms with E-state index < -0.39 is 40.7 Å². The van der Waals surface area contributed by atoms with Gasteiger partial charge in [0, 0.05) is 31.4 Å². The van der Waals surface area contributed by atoms with E-state index in [2.05, 4.69) is 6.92 Å². The van der Waals surface area contributed by atoms with Gasteiger partial charge in [-0.25, -0.2) is 4.79 Å². The third kappa shape index (κ3) is 3.80. The van der Waals surface area contributed by atoms with Gasteiger partial charge in [0.05, 0.1) is 35.1 Å². The fourth-order valence-corrected chi connectivity index (χ4v) is 9.67. The topological polar surface area (TPSA) is 135 Å². The van der Waals surface area contributed by atoms with Crippen LogP contribution < -0.4 is 0 Å². The van der Waals surface area contributed by atoms with Crippen LogP contribution in [0, 0.1) is 23.2 Å². The predicted octanol–water partition coefficient (Wildman–Crippen LogP) is 1.98. The molecule has 0 amide bonds. The van der Waals surface area contributed by atoms with Crippen molar-refractivity contribution in [1.82, 2.24) is 0 Å². The Hall–Kier alpha value is -1.07. The maximum absolute atomic E-state index is 12.3. The number of rotatable bonds is 4. The van der Waals surface area contributed by atoms with E-state index in [9.17, 15) is 25.2 Å². The fourth-order valence-electron chi connectivity index (χ4n) is 9.67. The second kappa shape index (κ2) is 9.23. The third-order valence-electron chi connectivity index (χ3n) is 11.7. The van der Waals surface area contributed by atoms with E-state index in [0.29, 0.717) is 51.6 Å². The van der Waals surface area contributed by atoms with Crippen molar-refractivity contribution in [1.29, 1.82) is 0 Å². The van der Waals surface area contributed by atoms with Crippen LogP contribution in [0.15, 0.2) is 11.6 Å². The lowest BCUT2D eigenvalue weighted by Gasteiger charge is -2.65. The molecule has 214 valence electrons. The Morgan fingerprint density at radius 2 is 1.71 bits per heavy atom. The summed E-state index contributed by atoms with van der Waals surface area (Å²) in [5.74, 6) is -0.554. The Morgan fingerprint density at radius 1 is 1.00 bits per heavy atom. The molecule has 38 heavy (non-hydrogen) atoms. The summed E-state index contributed by atoms with van der Waals surface area (Å²) in [7, 11) is 1.53. The van der Waals surface area contributed by atoms with Gasteiger partial charge in [-0.05, 0) is 81.6 Å². The van der Waals surface area contributed by atoms with Crippen LogP contribution in [-0.2, 0) is 23.7 Å². The molecule has 5 fully saturated rings. The summed E-state index contributed by atoms with van der Waals surface area (Å²) in [6, 6.07) is 0. The van der Waals surface area contributed by atoms with Crippen molar-refractivity contribution in [2.24, 2.45) is 23.2 Å².